The number of amides is 2. The van der Waals surface area contributed by atoms with E-state index in [-0.39, 0.29) is 17.4 Å². The first-order valence-electron chi connectivity index (χ1n) is 6.16. The monoisotopic (exact) mass is 280 g/mol. The molecule has 1 N–H and O–H groups in total. The average Bonchev–Trinajstić information content (AvgIpc) is 2.85. The number of nitrogens with zero attached hydrogens (tertiary/aromatic N) is 2. The number of likely N-dealkylation sites (N-methyl/N-ethyl adjacent to an activating group) is 1. The molecule has 2 rings (SSSR count). The first-order chi connectivity index (χ1) is 9.25. The number of furan rings is 1. The van der Waals surface area contributed by atoms with Gasteiger partial charge in [-0.05, 0) is 26.0 Å². The molecular weight excluding hydrogens is 264 g/mol. The van der Waals surface area contributed by atoms with Gasteiger partial charge in [0.25, 0.3) is 5.91 Å². The highest BCUT2D eigenvalue weighted by molar-refractivity contribution is 5.98. The molecule has 7 nitrogen and oxygen atoms in total. The smallest absolute Gasteiger partial charge is 0.371 e. The number of carbonyl (C=O) groups excluding carboxylic acids is 2. The molecule has 7 heteroatoms. The van der Waals surface area contributed by atoms with Crippen LogP contribution in [0.25, 0.3) is 0 Å². The van der Waals surface area contributed by atoms with Crippen molar-refractivity contribution in [2.75, 3.05) is 20.1 Å². The number of hydrogen-bond donors (Lipinski definition) is 1. The van der Waals surface area contributed by atoms with Crippen molar-refractivity contribution in [2.24, 2.45) is 0 Å². The van der Waals surface area contributed by atoms with Crippen molar-refractivity contribution in [2.45, 2.75) is 19.4 Å². The van der Waals surface area contributed by atoms with Gasteiger partial charge in [-0.2, -0.15) is 0 Å². The normalized spacial score (nSPS) is 18.2. The Morgan fingerprint density at radius 3 is 2.40 bits per heavy atom. The molecule has 1 aliphatic rings. The van der Waals surface area contributed by atoms with Crippen molar-refractivity contribution in [1.82, 2.24) is 9.80 Å². The number of rotatable bonds is 2. The van der Waals surface area contributed by atoms with E-state index in [1.165, 1.54) is 17.0 Å². The molecule has 0 atom stereocenters. The first-order valence-corrected chi connectivity index (χ1v) is 6.16. The van der Waals surface area contributed by atoms with E-state index in [9.17, 15) is 14.4 Å². The number of carboxylic acid groups (broad SMARTS) is 1. The van der Waals surface area contributed by atoms with Crippen LogP contribution in [0.2, 0.25) is 0 Å². The van der Waals surface area contributed by atoms with Gasteiger partial charge in [-0.25, -0.2) is 4.79 Å². The summed E-state index contributed by atoms with van der Waals surface area (Å²) in [6.07, 6.45) is 0. The van der Waals surface area contributed by atoms with E-state index in [0.29, 0.717) is 13.1 Å². The van der Waals surface area contributed by atoms with E-state index < -0.39 is 17.4 Å². The SMILES string of the molecule is CN1CCN(C(=O)c2ccc(C(=O)O)o2)C(C)(C)C1=O. The Kier molecular flexibility index (Phi) is 3.29. The van der Waals surface area contributed by atoms with Crippen LogP contribution in [-0.4, -0.2) is 58.4 Å². The van der Waals surface area contributed by atoms with Gasteiger partial charge in [0.1, 0.15) is 5.54 Å². The van der Waals surface area contributed by atoms with Crippen LogP contribution in [0.3, 0.4) is 0 Å². The number of hydrogen-bond acceptors (Lipinski definition) is 4. The summed E-state index contributed by atoms with van der Waals surface area (Å²) in [5.74, 6) is -2.26. The van der Waals surface area contributed by atoms with Crippen molar-refractivity contribution in [1.29, 1.82) is 0 Å². The molecule has 0 unspecified atom stereocenters. The average molecular weight is 280 g/mol. The third-order valence-electron chi connectivity index (χ3n) is 3.48. The Bertz CT molecular complexity index is 575. The number of aromatic carboxylic acids is 1. The van der Waals surface area contributed by atoms with Gasteiger partial charge >= 0.3 is 5.97 Å². The fourth-order valence-electron chi connectivity index (χ4n) is 2.27. The highest BCUT2D eigenvalue weighted by Crippen LogP contribution is 2.24. The molecule has 0 spiro atoms. The Morgan fingerprint density at radius 2 is 1.85 bits per heavy atom. The zero-order valence-corrected chi connectivity index (χ0v) is 11.5. The van der Waals surface area contributed by atoms with E-state index in [4.69, 9.17) is 9.52 Å². The van der Waals surface area contributed by atoms with Gasteiger partial charge in [-0.15, -0.1) is 0 Å². The standard InChI is InChI=1S/C13H16N2O5/c1-13(2)12(19)14(3)6-7-15(13)10(16)8-4-5-9(20-8)11(17)18/h4-5H,6-7H2,1-3H3,(H,17,18). The Morgan fingerprint density at radius 1 is 1.25 bits per heavy atom. The van der Waals surface area contributed by atoms with Crippen LogP contribution in [0.5, 0.6) is 0 Å². The van der Waals surface area contributed by atoms with Crippen LogP contribution < -0.4 is 0 Å². The molecule has 1 aromatic heterocycles. The predicted octanol–water partition coefficient (Wildman–Crippen LogP) is 0.671. The second kappa shape index (κ2) is 4.66. The number of piperazine rings is 1. The van der Waals surface area contributed by atoms with Crippen LogP contribution in [0.1, 0.15) is 35.0 Å². The molecule has 0 saturated carbocycles. The summed E-state index contributed by atoms with van der Waals surface area (Å²) >= 11 is 0. The molecule has 0 radical (unpaired) electrons. The summed E-state index contributed by atoms with van der Waals surface area (Å²) in [4.78, 5) is 38.2. The Balaban J connectivity index is 2.28. The molecule has 1 fully saturated rings. The lowest BCUT2D eigenvalue weighted by atomic mass is 9.97. The molecule has 20 heavy (non-hydrogen) atoms. The van der Waals surface area contributed by atoms with E-state index >= 15 is 0 Å². The van der Waals surface area contributed by atoms with Crippen molar-refractivity contribution >= 4 is 17.8 Å². The van der Waals surface area contributed by atoms with Crippen LogP contribution >= 0.6 is 0 Å². The summed E-state index contributed by atoms with van der Waals surface area (Å²) in [5, 5.41) is 8.79. The lowest BCUT2D eigenvalue weighted by Crippen LogP contribution is -2.63. The lowest BCUT2D eigenvalue weighted by Gasteiger charge is -2.44. The molecule has 1 saturated heterocycles. The van der Waals surface area contributed by atoms with E-state index in [1.54, 1.807) is 25.8 Å². The third kappa shape index (κ3) is 2.15. The van der Waals surface area contributed by atoms with Crippen molar-refractivity contribution < 1.29 is 23.9 Å². The zero-order valence-electron chi connectivity index (χ0n) is 11.5. The third-order valence-corrected chi connectivity index (χ3v) is 3.48. The maximum Gasteiger partial charge on any atom is 0.371 e. The minimum atomic E-state index is -1.24. The topological polar surface area (TPSA) is 91.1 Å². The van der Waals surface area contributed by atoms with Crippen molar-refractivity contribution in [3.63, 3.8) is 0 Å². The van der Waals surface area contributed by atoms with Crippen LogP contribution in [0, 0.1) is 0 Å². The van der Waals surface area contributed by atoms with Gasteiger partial charge < -0.3 is 19.3 Å². The highest BCUT2D eigenvalue weighted by Gasteiger charge is 2.43. The van der Waals surface area contributed by atoms with Crippen molar-refractivity contribution in [3.05, 3.63) is 23.7 Å². The summed E-state index contributed by atoms with van der Waals surface area (Å²) in [7, 11) is 1.68. The lowest BCUT2D eigenvalue weighted by molar-refractivity contribution is -0.144. The fourth-order valence-corrected chi connectivity index (χ4v) is 2.27. The molecule has 1 aromatic rings. The molecule has 108 valence electrons. The van der Waals surface area contributed by atoms with E-state index in [2.05, 4.69) is 0 Å². The van der Waals surface area contributed by atoms with E-state index in [0.717, 1.165) is 0 Å². The molecule has 0 bridgehead atoms. The minimum Gasteiger partial charge on any atom is -0.475 e. The van der Waals surface area contributed by atoms with Gasteiger partial charge in [0.05, 0.1) is 0 Å². The minimum absolute atomic E-state index is 0.0761. The largest absolute Gasteiger partial charge is 0.475 e. The van der Waals surface area contributed by atoms with Gasteiger partial charge in [-0.3, -0.25) is 9.59 Å². The zero-order chi connectivity index (χ0) is 15.1. The summed E-state index contributed by atoms with van der Waals surface area (Å²) < 4.78 is 5.00. The van der Waals surface area contributed by atoms with Gasteiger partial charge in [0, 0.05) is 20.1 Å². The maximum atomic E-state index is 12.4. The van der Waals surface area contributed by atoms with Gasteiger partial charge in [0.15, 0.2) is 5.76 Å². The Labute approximate surface area is 115 Å². The molecule has 1 aliphatic heterocycles. The number of carbonyl (C=O) groups is 3. The molecule has 0 aliphatic carbocycles. The molecule has 2 amide bonds. The van der Waals surface area contributed by atoms with Crippen LogP contribution in [0.15, 0.2) is 16.5 Å². The van der Waals surface area contributed by atoms with Crippen LogP contribution in [-0.2, 0) is 4.79 Å². The van der Waals surface area contributed by atoms with Crippen LogP contribution in [0.4, 0.5) is 0 Å². The second-order valence-corrected chi connectivity index (χ2v) is 5.21. The maximum absolute atomic E-state index is 12.4. The summed E-state index contributed by atoms with van der Waals surface area (Å²) in [6.45, 7) is 4.12. The highest BCUT2D eigenvalue weighted by atomic mass is 16.4. The quantitative estimate of drug-likeness (QED) is 0.859. The number of carboxylic acids is 1. The molecule has 2 heterocycles. The Hall–Kier alpha value is -2.31. The second-order valence-electron chi connectivity index (χ2n) is 5.21. The fraction of sp³-hybridized carbons (Fsp3) is 0.462. The van der Waals surface area contributed by atoms with E-state index in [1.807, 2.05) is 0 Å². The van der Waals surface area contributed by atoms with Gasteiger partial charge in [-0.1, -0.05) is 0 Å². The predicted molar refractivity (Wildman–Crippen MR) is 68.4 cm³/mol. The summed E-state index contributed by atoms with van der Waals surface area (Å²) in [5.41, 5.74) is -0.986. The van der Waals surface area contributed by atoms with Crippen molar-refractivity contribution in [3.8, 4) is 0 Å². The van der Waals surface area contributed by atoms with Gasteiger partial charge in [0.2, 0.25) is 11.7 Å². The molecule has 0 aromatic carbocycles. The summed E-state index contributed by atoms with van der Waals surface area (Å²) in [6, 6.07) is 2.53. The first kappa shape index (κ1) is 14.1. The molecular formula is C13H16N2O5.